The van der Waals surface area contributed by atoms with E-state index in [9.17, 15) is 0 Å². The highest BCUT2D eigenvalue weighted by Crippen LogP contribution is 2.47. The third-order valence-corrected chi connectivity index (χ3v) is 9.19. The van der Waals surface area contributed by atoms with Crippen LogP contribution >= 0.6 is 0 Å². The molecule has 226 valence electrons. The number of anilines is 3. The molecular weight excluding hydrogens is 590 g/mol. The minimum atomic E-state index is 0.578. The van der Waals surface area contributed by atoms with Gasteiger partial charge in [-0.25, -0.2) is 4.98 Å². The van der Waals surface area contributed by atoms with E-state index in [0.717, 1.165) is 61.3 Å². The molecule has 0 fully saturated rings. The maximum atomic E-state index is 6.73. The van der Waals surface area contributed by atoms with Gasteiger partial charge in [-0.1, -0.05) is 97.1 Å². The summed E-state index contributed by atoms with van der Waals surface area (Å²) in [5.74, 6) is 0.578. The summed E-state index contributed by atoms with van der Waals surface area (Å²) in [7, 11) is 0. The van der Waals surface area contributed by atoms with E-state index >= 15 is 0 Å². The Bertz CT molecular complexity index is 2780. The van der Waals surface area contributed by atoms with E-state index in [1.807, 2.05) is 54.6 Å². The number of para-hydroxylation sites is 4. The first kappa shape index (κ1) is 26.6. The molecule has 0 spiro atoms. The molecule has 0 aliphatic carbocycles. The van der Waals surface area contributed by atoms with Crippen molar-refractivity contribution in [1.82, 2.24) is 9.55 Å². The van der Waals surface area contributed by atoms with E-state index in [1.165, 1.54) is 16.3 Å². The van der Waals surface area contributed by atoms with Gasteiger partial charge in [0.15, 0.2) is 11.2 Å². The lowest BCUT2D eigenvalue weighted by molar-refractivity contribution is 0.619. The van der Waals surface area contributed by atoms with Crippen LogP contribution in [0, 0.1) is 0 Å². The lowest BCUT2D eigenvalue weighted by atomic mass is 10.1. The quantitative estimate of drug-likeness (QED) is 0.193. The molecule has 5 heteroatoms. The maximum Gasteiger partial charge on any atom is 0.227 e. The first-order valence-electron chi connectivity index (χ1n) is 16.1. The lowest BCUT2D eigenvalue weighted by Gasteiger charge is -2.25. The van der Waals surface area contributed by atoms with Gasteiger partial charge in [-0.3, -0.25) is 0 Å². The molecule has 0 amide bonds. The van der Waals surface area contributed by atoms with Gasteiger partial charge in [0.2, 0.25) is 5.89 Å². The van der Waals surface area contributed by atoms with Gasteiger partial charge in [0.25, 0.3) is 0 Å². The van der Waals surface area contributed by atoms with Crippen LogP contribution in [-0.4, -0.2) is 9.55 Å². The molecule has 0 radical (unpaired) electrons. The molecule has 0 unspecified atom stereocenters. The van der Waals surface area contributed by atoms with E-state index < -0.39 is 0 Å². The Morgan fingerprint density at radius 2 is 1.17 bits per heavy atom. The van der Waals surface area contributed by atoms with Crippen LogP contribution in [0.5, 0.6) is 0 Å². The molecule has 0 saturated carbocycles. The summed E-state index contributed by atoms with van der Waals surface area (Å²) in [6.07, 6.45) is 0. The van der Waals surface area contributed by atoms with Crippen molar-refractivity contribution < 1.29 is 8.83 Å². The zero-order valence-electron chi connectivity index (χ0n) is 25.7. The third kappa shape index (κ3) is 4.01. The van der Waals surface area contributed by atoms with Crippen molar-refractivity contribution in [3.8, 4) is 17.1 Å². The largest absolute Gasteiger partial charge is 0.454 e. The molecule has 0 aliphatic rings. The zero-order valence-corrected chi connectivity index (χ0v) is 25.7. The molecule has 0 saturated heterocycles. The van der Waals surface area contributed by atoms with E-state index in [1.54, 1.807) is 0 Å². The van der Waals surface area contributed by atoms with Crippen LogP contribution in [0.15, 0.2) is 173 Å². The average molecular weight is 618 g/mol. The Kier molecular flexibility index (Phi) is 5.81. The Morgan fingerprint density at radius 1 is 0.500 bits per heavy atom. The molecular formula is C43H27N3O2. The average Bonchev–Trinajstić information content (AvgIpc) is 3.85. The highest BCUT2D eigenvalue weighted by molar-refractivity contribution is 6.21. The Labute approximate surface area is 275 Å². The second kappa shape index (κ2) is 10.5. The molecule has 0 bridgehead atoms. The van der Waals surface area contributed by atoms with E-state index in [2.05, 4.69) is 119 Å². The summed E-state index contributed by atoms with van der Waals surface area (Å²) in [5, 5.41) is 4.34. The van der Waals surface area contributed by atoms with Crippen molar-refractivity contribution in [2.24, 2.45) is 0 Å². The van der Waals surface area contributed by atoms with Gasteiger partial charge in [0.1, 0.15) is 11.1 Å². The zero-order chi connectivity index (χ0) is 31.6. The second-order valence-corrected chi connectivity index (χ2v) is 12.0. The number of rotatable bonds is 5. The number of nitrogens with zero attached hydrogens (tertiary/aromatic N) is 3. The predicted molar refractivity (Wildman–Crippen MR) is 196 cm³/mol. The molecule has 3 aromatic heterocycles. The normalized spacial score (nSPS) is 11.8. The van der Waals surface area contributed by atoms with Gasteiger partial charge in [-0.2, -0.15) is 0 Å². The van der Waals surface area contributed by atoms with Crippen LogP contribution in [0.3, 0.4) is 0 Å². The summed E-state index contributed by atoms with van der Waals surface area (Å²) in [6.45, 7) is 0. The van der Waals surface area contributed by atoms with Crippen LogP contribution in [-0.2, 0) is 0 Å². The summed E-state index contributed by atoms with van der Waals surface area (Å²) >= 11 is 0. The molecule has 5 nitrogen and oxygen atoms in total. The fourth-order valence-electron chi connectivity index (χ4n) is 7.09. The predicted octanol–water partition coefficient (Wildman–Crippen LogP) is 12.0. The van der Waals surface area contributed by atoms with Crippen molar-refractivity contribution >= 4 is 71.9 Å². The van der Waals surface area contributed by atoms with Gasteiger partial charge >= 0.3 is 0 Å². The fourth-order valence-corrected chi connectivity index (χ4v) is 7.09. The van der Waals surface area contributed by atoms with Crippen molar-refractivity contribution in [3.63, 3.8) is 0 Å². The van der Waals surface area contributed by atoms with Crippen molar-refractivity contribution in [3.05, 3.63) is 164 Å². The van der Waals surface area contributed by atoms with Crippen LogP contribution < -0.4 is 4.90 Å². The third-order valence-electron chi connectivity index (χ3n) is 9.19. The monoisotopic (exact) mass is 617 g/mol. The van der Waals surface area contributed by atoms with E-state index in [0.29, 0.717) is 11.5 Å². The van der Waals surface area contributed by atoms with Crippen LogP contribution in [0.2, 0.25) is 0 Å². The Morgan fingerprint density at radius 3 is 1.98 bits per heavy atom. The molecule has 3 heterocycles. The van der Waals surface area contributed by atoms with Crippen LogP contribution in [0.25, 0.3) is 72.0 Å². The van der Waals surface area contributed by atoms with Crippen LogP contribution in [0.1, 0.15) is 0 Å². The smallest absolute Gasteiger partial charge is 0.227 e. The van der Waals surface area contributed by atoms with Crippen molar-refractivity contribution in [2.45, 2.75) is 0 Å². The summed E-state index contributed by atoms with van der Waals surface area (Å²) in [6, 6.07) is 56.6. The molecule has 0 N–H and O–H groups in total. The molecule has 0 atom stereocenters. The standard InChI is InChI=1S/C43H27N3O2/c1-4-14-28(15-5-1)43-44-41-39(48-43)27-37(42-40(41)34-21-11-13-23-38(34)47-42)45(29-16-6-2-7-17-29)31-24-25-33-32-20-10-12-22-35(32)46(36(33)26-31)30-18-8-3-9-19-30/h1-27H. The SMILES string of the molecule is c1ccc(-c2nc3c(cc(N(c4ccccc4)c4ccc5c6ccccc6n(-c6ccccc6)c5c4)c4oc5ccccc5c43)o2)cc1. The number of hydrogen-bond donors (Lipinski definition) is 0. The first-order chi connectivity index (χ1) is 23.8. The Balaban J connectivity index is 1.29. The summed E-state index contributed by atoms with van der Waals surface area (Å²) < 4.78 is 15.6. The fraction of sp³-hybridized carbons (Fsp3) is 0. The highest BCUT2D eigenvalue weighted by Gasteiger charge is 2.25. The molecule has 10 rings (SSSR count). The molecule has 48 heavy (non-hydrogen) atoms. The Hall–Kier alpha value is -6.59. The van der Waals surface area contributed by atoms with E-state index in [4.69, 9.17) is 13.8 Å². The highest BCUT2D eigenvalue weighted by atomic mass is 16.4. The first-order valence-corrected chi connectivity index (χ1v) is 16.1. The topological polar surface area (TPSA) is 47.3 Å². The van der Waals surface area contributed by atoms with Gasteiger partial charge in [0.05, 0.1) is 22.1 Å². The summed E-state index contributed by atoms with van der Waals surface area (Å²) in [5.41, 5.74) is 10.2. The number of hydrogen-bond acceptors (Lipinski definition) is 4. The lowest BCUT2D eigenvalue weighted by Crippen LogP contribution is -2.10. The maximum absolute atomic E-state index is 6.73. The number of aromatic nitrogens is 2. The van der Waals surface area contributed by atoms with Gasteiger partial charge in [-0.05, 0) is 60.7 Å². The van der Waals surface area contributed by atoms with Crippen molar-refractivity contribution in [1.29, 1.82) is 0 Å². The minimum absolute atomic E-state index is 0.578. The number of benzene rings is 7. The number of fused-ring (bicyclic) bond motifs is 8. The van der Waals surface area contributed by atoms with Gasteiger partial charge in [-0.15, -0.1) is 0 Å². The van der Waals surface area contributed by atoms with Crippen molar-refractivity contribution in [2.75, 3.05) is 4.90 Å². The second-order valence-electron chi connectivity index (χ2n) is 12.0. The van der Waals surface area contributed by atoms with E-state index in [-0.39, 0.29) is 0 Å². The molecule has 7 aromatic carbocycles. The molecule has 0 aliphatic heterocycles. The number of furan rings is 1. The van der Waals surface area contributed by atoms with Gasteiger partial charge in [0, 0.05) is 44.9 Å². The summed E-state index contributed by atoms with van der Waals surface area (Å²) in [4.78, 5) is 7.31. The van der Waals surface area contributed by atoms with Gasteiger partial charge < -0.3 is 18.3 Å². The number of oxazole rings is 1. The van der Waals surface area contributed by atoms with Crippen LogP contribution in [0.4, 0.5) is 17.1 Å². The minimum Gasteiger partial charge on any atom is -0.454 e. The molecule has 10 aromatic rings.